The molecule has 3 aromatic carbocycles. The molecule has 5 rings (SSSR count). The summed E-state index contributed by atoms with van der Waals surface area (Å²) in [6.45, 7) is 1.49. The number of pyridine rings is 1. The second kappa shape index (κ2) is 11.4. The Labute approximate surface area is 228 Å². The van der Waals surface area contributed by atoms with E-state index in [-0.39, 0.29) is 22.7 Å². The zero-order valence-electron chi connectivity index (χ0n) is 21.4. The number of ether oxygens (including phenoxy) is 2. The first-order valence-electron chi connectivity index (χ1n) is 11.9. The van der Waals surface area contributed by atoms with Gasteiger partial charge in [0, 0.05) is 22.2 Å². The number of hydrogen-bond acceptors (Lipinski definition) is 9. The number of carbonyl (C=O) groups excluding carboxylic acids is 2. The van der Waals surface area contributed by atoms with E-state index in [1.807, 2.05) is 48.5 Å². The molecule has 0 unspecified atom stereocenters. The molecule has 196 valence electrons. The number of anilines is 1. The molecule has 5 aromatic rings. The zero-order chi connectivity index (χ0) is 27.4. The Hall–Kier alpha value is -4.70. The summed E-state index contributed by atoms with van der Waals surface area (Å²) in [7, 11) is 3.22. The molecule has 39 heavy (non-hydrogen) atoms. The van der Waals surface area contributed by atoms with Gasteiger partial charge in [0.25, 0.3) is 5.22 Å². The highest BCUT2D eigenvalue weighted by molar-refractivity contribution is 7.99. The lowest BCUT2D eigenvalue weighted by molar-refractivity contribution is -0.113. The van der Waals surface area contributed by atoms with Crippen LogP contribution in [0.3, 0.4) is 0 Å². The molecule has 2 aromatic heterocycles. The molecular weight excluding hydrogens is 516 g/mol. The number of amides is 1. The van der Waals surface area contributed by atoms with E-state index in [2.05, 4.69) is 15.5 Å². The first-order valence-corrected chi connectivity index (χ1v) is 12.9. The SMILES string of the molecule is COc1ccc(-c2cc(-c3nnc(SCC(=O)Nc4ccc(C(C)=O)cc4)o3)c3cc(OC)ccc3n2)cc1. The van der Waals surface area contributed by atoms with Crippen LogP contribution in [0.2, 0.25) is 0 Å². The highest BCUT2D eigenvalue weighted by Crippen LogP contribution is 2.35. The van der Waals surface area contributed by atoms with Crippen molar-refractivity contribution in [1.82, 2.24) is 15.2 Å². The Morgan fingerprint density at radius 1 is 0.897 bits per heavy atom. The minimum atomic E-state index is -0.240. The van der Waals surface area contributed by atoms with Crippen molar-refractivity contribution in [2.45, 2.75) is 12.1 Å². The van der Waals surface area contributed by atoms with Gasteiger partial charge in [0.15, 0.2) is 5.78 Å². The van der Waals surface area contributed by atoms with Gasteiger partial charge in [-0.05, 0) is 79.7 Å². The Morgan fingerprint density at radius 3 is 2.31 bits per heavy atom. The van der Waals surface area contributed by atoms with Crippen molar-refractivity contribution in [3.05, 3.63) is 78.4 Å². The fourth-order valence-corrected chi connectivity index (χ4v) is 4.47. The van der Waals surface area contributed by atoms with Crippen molar-refractivity contribution in [2.75, 3.05) is 25.3 Å². The van der Waals surface area contributed by atoms with E-state index in [1.54, 1.807) is 38.5 Å². The Balaban J connectivity index is 1.38. The summed E-state index contributed by atoms with van der Waals surface area (Å²) in [6.07, 6.45) is 0. The summed E-state index contributed by atoms with van der Waals surface area (Å²) in [6, 6.07) is 21.8. The summed E-state index contributed by atoms with van der Waals surface area (Å²) in [4.78, 5) is 28.7. The molecule has 2 heterocycles. The average molecular weight is 541 g/mol. The van der Waals surface area contributed by atoms with Gasteiger partial charge in [-0.3, -0.25) is 9.59 Å². The summed E-state index contributed by atoms with van der Waals surface area (Å²) in [5.74, 6) is 1.51. The van der Waals surface area contributed by atoms with Crippen LogP contribution in [0.25, 0.3) is 33.6 Å². The van der Waals surface area contributed by atoms with Crippen LogP contribution in [-0.4, -0.2) is 46.8 Å². The molecule has 0 aliphatic carbocycles. The monoisotopic (exact) mass is 540 g/mol. The van der Waals surface area contributed by atoms with E-state index < -0.39 is 0 Å². The molecule has 0 fully saturated rings. The van der Waals surface area contributed by atoms with Crippen molar-refractivity contribution in [3.63, 3.8) is 0 Å². The van der Waals surface area contributed by atoms with Crippen molar-refractivity contribution in [3.8, 4) is 34.2 Å². The normalized spacial score (nSPS) is 10.8. The number of nitrogens with one attached hydrogen (secondary N) is 1. The summed E-state index contributed by atoms with van der Waals surface area (Å²) in [5, 5.41) is 12.2. The first kappa shape index (κ1) is 25.9. The number of nitrogens with zero attached hydrogens (tertiary/aromatic N) is 3. The van der Waals surface area contributed by atoms with Crippen LogP contribution < -0.4 is 14.8 Å². The molecule has 0 saturated carbocycles. The molecular formula is C29H24N4O5S. The van der Waals surface area contributed by atoms with Gasteiger partial charge < -0.3 is 19.2 Å². The molecule has 10 heteroatoms. The van der Waals surface area contributed by atoms with Gasteiger partial charge in [0.2, 0.25) is 11.8 Å². The van der Waals surface area contributed by atoms with E-state index in [0.29, 0.717) is 28.5 Å². The van der Waals surface area contributed by atoms with Crippen LogP contribution in [0.15, 0.2) is 82.4 Å². The number of hydrogen-bond donors (Lipinski definition) is 1. The number of fused-ring (bicyclic) bond motifs is 1. The topological polar surface area (TPSA) is 116 Å². The third-order valence-electron chi connectivity index (χ3n) is 5.94. The number of aromatic nitrogens is 3. The molecule has 0 aliphatic rings. The highest BCUT2D eigenvalue weighted by atomic mass is 32.2. The number of methoxy groups -OCH3 is 2. The molecule has 0 atom stereocenters. The molecule has 0 spiro atoms. The number of carbonyl (C=O) groups is 2. The number of ketones is 1. The van der Waals surface area contributed by atoms with E-state index in [0.717, 1.165) is 39.7 Å². The second-order valence-electron chi connectivity index (χ2n) is 8.51. The third-order valence-corrected chi connectivity index (χ3v) is 6.76. The smallest absolute Gasteiger partial charge is 0.277 e. The lowest BCUT2D eigenvalue weighted by Crippen LogP contribution is -2.14. The van der Waals surface area contributed by atoms with Crippen molar-refractivity contribution >= 4 is 40.0 Å². The predicted molar refractivity (Wildman–Crippen MR) is 149 cm³/mol. The van der Waals surface area contributed by atoms with Crippen molar-refractivity contribution in [1.29, 1.82) is 0 Å². The van der Waals surface area contributed by atoms with Gasteiger partial charge in [-0.2, -0.15) is 0 Å². The van der Waals surface area contributed by atoms with E-state index in [4.69, 9.17) is 18.9 Å². The minimum absolute atomic E-state index is 0.0350. The Kier molecular flexibility index (Phi) is 7.55. The quantitative estimate of drug-likeness (QED) is 0.180. The van der Waals surface area contributed by atoms with Gasteiger partial charge in [-0.25, -0.2) is 4.98 Å². The maximum Gasteiger partial charge on any atom is 0.277 e. The Bertz CT molecular complexity index is 1650. The molecule has 9 nitrogen and oxygen atoms in total. The van der Waals surface area contributed by atoms with E-state index in [9.17, 15) is 9.59 Å². The largest absolute Gasteiger partial charge is 0.497 e. The fraction of sp³-hybridized carbons (Fsp3) is 0.138. The lowest BCUT2D eigenvalue weighted by atomic mass is 10.0. The maximum atomic E-state index is 12.5. The van der Waals surface area contributed by atoms with Gasteiger partial charge in [0.1, 0.15) is 11.5 Å². The van der Waals surface area contributed by atoms with E-state index >= 15 is 0 Å². The van der Waals surface area contributed by atoms with Crippen LogP contribution in [0.5, 0.6) is 11.5 Å². The first-order chi connectivity index (χ1) is 18.9. The van der Waals surface area contributed by atoms with Gasteiger partial charge in [-0.1, -0.05) is 11.8 Å². The van der Waals surface area contributed by atoms with Crippen molar-refractivity contribution < 1.29 is 23.5 Å². The lowest BCUT2D eigenvalue weighted by Gasteiger charge is -2.09. The van der Waals surface area contributed by atoms with E-state index in [1.165, 1.54) is 6.92 Å². The minimum Gasteiger partial charge on any atom is -0.497 e. The average Bonchev–Trinajstić information content (AvgIpc) is 3.44. The predicted octanol–water partition coefficient (Wildman–Crippen LogP) is 5.90. The number of thioether (sulfide) groups is 1. The number of benzene rings is 3. The summed E-state index contributed by atoms with van der Waals surface area (Å²) in [5.41, 5.74) is 4.24. The molecule has 1 amide bonds. The van der Waals surface area contributed by atoms with Crippen LogP contribution >= 0.6 is 11.8 Å². The molecule has 0 bridgehead atoms. The van der Waals surface area contributed by atoms with Crippen LogP contribution in [0.1, 0.15) is 17.3 Å². The summed E-state index contributed by atoms with van der Waals surface area (Å²) >= 11 is 1.13. The maximum absolute atomic E-state index is 12.5. The summed E-state index contributed by atoms with van der Waals surface area (Å²) < 4.78 is 16.6. The third kappa shape index (κ3) is 5.91. The van der Waals surface area contributed by atoms with Gasteiger partial charge in [-0.15, -0.1) is 10.2 Å². The Morgan fingerprint density at radius 2 is 1.62 bits per heavy atom. The molecule has 0 aliphatic heterocycles. The highest BCUT2D eigenvalue weighted by Gasteiger charge is 2.17. The standard InChI is InChI=1S/C29H24N4O5S/c1-17(34)18-4-8-20(9-5-18)30-27(35)16-39-29-33-32-28(38-29)24-15-26(19-6-10-21(36-2)11-7-19)31-25-13-12-22(37-3)14-23(24)25/h4-15H,16H2,1-3H3,(H,30,35). The molecule has 1 N–H and O–H groups in total. The fourth-order valence-electron chi connectivity index (χ4n) is 3.91. The van der Waals surface area contributed by atoms with Crippen LogP contribution in [0.4, 0.5) is 5.69 Å². The molecule has 0 radical (unpaired) electrons. The van der Waals surface area contributed by atoms with Gasteiger partial charge >= 0.3 is 0 Å². The molecule has 0 saturated heterocycles. The zero-order valence-corrected chi connectivity index (χ0v) is 22.2. The number of rotatable bonds is 9. The number of Topliss-reactive ketones (excluding diaryl/α,β-unsaturated/α-hetero) is 1. The van der Waals surface area contributed by atoms with Crippen LogP contribution in [-0.2, 0) is 4.79 Å². The van der Waals surface area contributed by atoms with Gasteiger partial charge in [0.05, 0.1) is 36.7 Å². The van der Waals surface area contributed by atoms with Crippen LogP contribution in [0, 0.1) is 0 Å². The van der Waals surface area contributed by atoms with Crippen molar-refractivity contribution in [2.24, 2.45) is 0 Å². The second-order valence-corrected chi connectivity index (χ2v) is 9.44.